The van der Waals surface area contributed by atoms with Crippen molar-refractivity contribution in [1.29, 1.82) is 0 Å². The van der Waals surface area contributed by atoms with Gasteiger partial charge in [-0.05, 0) is 18.2 Å². The highest BCUT2D eigenvalue weighted by Crippen LogP contribution is 2.31. The molecule has 1 saturated heterocycles. The van der Waals surface area contributed by atoms with Gasteiger partial charge in [0.05, 0.1) is 23.4 Å². The van der Waals surface area contributed by atoms with Crippen molar-refractivity contribution in [3.05, 3.63) is 30.9 Å². The fourth-order valence-corrected chi connectivity index (χ4v) is 4.96. The molecule has 3 rings (SSSR count). The molecule has 1 atom stereocenters. The van der Waals surface area contributed by atoms with Gasteiger partial charge >= 0.3 is 0 Å². The zero-order valence-corrected chi connectivity index (χ0v) is 15.8. The van der Waals surface area contributed by atoms with Crippen LogP contribution in [0.3, 0.4) is 0 Å². The van der Waals surface area contributed by atoms with E-state index in [0.717, 1.165) is 32.1 Å². The standard InChI is InChI=1S/C16H17N3O3S3/c1-2-5-22-6-7-23-16-19-11-4-3-10(8-13(11)25-16)17-14(20)12-9-24-15(21)18-12/h2-4,8,12H,1,5-7,9H2,(H,17,20)(H,18,21). The topological polar surface area (TPSA) is 80.3 Å². The van der Waals surface area contributed by atoms with Crippen LogP contribution in [0.5, 0.6) is 0 Å². The molecule has 9 heteroatoms. The summed E-state index contributed by atoms with van der Waals surface area (Å²) < 4.78 is 7.34. The molecule has 2 heterocycles. The Hall–Kier alpha value is -1.55. The second-order valence-electron chi connectivity index (χ2n) is 5.16. The van der Waals surface area contributed by atoms with Gasteiger partial charge in [0.1, 0.15) is 6.04 Å². The summed E-state index contributed by atoms with van der Waals surface area (Å²) in [6.07, 6.45) is 1.73. The maximum Gasteiger partial charge on any atom is 0.279 e. The Morgan fingerprint density at radius 3 is 3.20 bits per heavy atom. The van der Waals surface area contributed by atoms with Crippen LogP contribution in [0.1, 0.15) is 0 Å². The summed E-state index contributed by atoms with van der Waals surface area (Å²) in [5.41, 5.74) is 1.61. The van der Waals surface area contributed by atoms with Crippen LogP contribution in [0.25, 0.3) is 10.2 Å². The van der Waals surface area contributed by atoms with E-state index in [4.69, 9.17) is 4.74 Å². The Kier molecular flexibility index (Phi) is 6.35. The molecule has 6 nitrogen and oxygen atoms in total. The predicted molar refractivity (Wildman–Crippen MR) is 105 cm³/mol. The van der Waals surface area contributed by atoms with Crippen molar-refractivity contribution in [2.75, 3.05) is 30.0 Å². The van der Waals surface area contributed by atoms with Gasteiger partial charge in [0.15, 0.2) is 4.34 Å². The van der Waals surface area contributed by atoms with E-state index in [0.29, 0.717) is 24.7 Å². The molecule has 2 amide bonds. The molecule has 0 radical (unpaired) electrons. The summed E-state index contributed by atoms with van der Waals surface area (Å²) in [5.74, 6) is 1.09. The number of thiazole rings is 1. The summed E-state index contributed by atoms with van der Waals surface area (Å²) in [4.78, 5) is 27.9. The third kappa shape index (κ3) is 4.97. The number of amides is 2. The van der Waals surface area contributed by atoms with Gasteiger partial charge in [0, 0.05) is 17.2 Å². The second-order valence-corrected chi connectivity index (χ2v) is 8.52. The number of nitrogens with one attached hydrogen (secondary N) is 2. The first-order valence-corrected chi connectivity index (χ1v) is 10.4. The molecule has 1 fully saturated rings. The maximum absolute atomic E-state index is 12.2. The first-order valence-electron chi connectivity index (χ1n) is 7.62. The Labute approximate surface area is 157 Å². The molecular weight excluding hydrogens is 378 g/mol. The average Bonchev–Trinajstić information content (AvgIpc) is 3.20. The quantitative estimate of drug-likeness (QED) is 0.405. The smallest absolute Gasteiger partial charge is 0.279 e. The van der Waals surface area contributed by atoms with Crippen LogP contribution in [-0.2, 0) is 9.53 Å². The summed E-state index contributed by atoms with van der Waals surface area (Å²) in [6.45, 7) is 4.82. The van der Waals surface area contributed by atoms with E-state index in [-0.39, 0.29) is 11.1 Å². The minimum Gasteiger partial charge on any atom is -0.377 e. The van der Waals surface area contributed by atoms with Crippen LogP contribution in [0.15, 0.2) is 35.2 Å². The highest BCUT2D eigenvalue weighted by molar-refractivity contribution is 8.14. The van der Waals surface area contributed by atoms with Gasteiger partial charge in [0.2, 0.25) is 5.91 Å². The third-order valence-corrected chi connectivity index (χ3v) is 6.32. The molecule has 1 aromatic carbocycles. The van der Waals surface area contributed by atoms with E-state index in [9.17, 15) is 9.59 Å². The highest BCUT2D eigenvalue weighted by Gasteiger charge is 2.28. The van der Waals surface area contributed by atoms with Crippen LogP contribution in [0.2, 0.25) is 0 Å². The first kappa shape index (κ1) is 18.2. The molecule has 2 aromatic rings. The van der Waals surface area contributed by atoms with Gasteiger partial charge in [-0.2, -0.15) is 0 Å². The molecule has 1 aromatic heterocycles. The Bertz CT molecular complexity index is 793. The predicted octanol–water partition coefficient (Wildman–Crippen LogP) is 3.35. The van der Waals surface area contributed by atoms with E-state index < -0.39 is 6.04 Å². The summed E-state index contributed by atoms with van der Waals surface area (Å²) in [7, 11) is 0. The van der Waals surface area contributed by atoms with Crippen molar-refractivity contribution in [3.8, 4) is 0 Å². The van der Waals surface area contributed by atoms with Crippen molar-refractivity contribution in [1.82, 2.24) is 10.3 Å². The molecule has 0 aliphatic carbocycles. The fourth-order valence-electron chi connectivity index (χ4n) is 2.15. The Morgan fingerprint density at radius 2 is 2.44 bits per heavy atom. The molecule has 25 heavy (non-hydrogen) atoms. The van der Waals surface area contributed by atoms with Crippen LogP contribution in [0, 0.1) is 0 Å². The van der Waals surface area contributed by atoms with Crippen LogP contribution >= 0.6 is 34.9 Å². The van der Waals surface area contributed by atoms with E-state index in [1.54, 1.807) is 29.2 Å². The second kappa shape index (κ2) is 8.70. The Morgan fingerprint density at radius 1 is 1.56 bits per heavy atom. The van der Waals surface area contributed by atoms with Gasteiger partial charge in [-0.3, -0.25) is 9.59 Å². The fraction of sp³-hybridized carbons (Fsp3) is 0.312. The monoisotopic (exact) mass is 395 g/mol. The van der Waals surface area contributed by atoms with Crippen LogP contribution in [0.4, 0.5) is 10.5 Å². The molecule has 0 bridgehead atoms. The normalized spacial score (nSPS) is 16.8. The number of carbonyl (C=O) groups excluding carboxylic acids is 2. The SMILES string of the molecule is C=CCOCCSc1nc2ccc(NC(=O)C3CSC(=O)N3)cc2s1. The zero-order chi connectivity index (χ0) is 17.6. The number of anilines is 1. The van der Waals surface area contributed by atoms with E-state index in [1.165, 1.54) is 0 Å². The number of nitrogens with zero attached hydrogens (tertiary/aromatic N) is 1. The lowest BCUT2D eigenvalue weighted by Gasteiger charge is -2.10. The minimum atomic E-state index is -0.476. The number of benzene rings is 1. The summed E-state index contributed by atoms with van der Waals surface area (Å²) in [5, 5.41) is 5.33. The third-order valence-electron chi connectivity index (χ3n) is 3.31. The van der Waals surface area contributed by atoms with Crippen molar-refractivity contribution in [2.24, 2.45) is 0 Å². The maximum atomic E-state index is 12.2. The number of hydrogen-bond donors (Lipinski definition) is 2. The summed E-state index contributed by atoms with van der Waals surface area (Å²) >= 11 is 4.36. The Balaban J connectivity index is 1.59. The lowest BCUT2D eigenvalue weighted by Crippen LogP contribution is -2.38. The van der Waals surface area contributed by atoms with Gasteiger partial charge in [0.25, 0.3) is 5.24 Å². The van der Waals surface area contributed by atoms with Crippen LogP contribution < -0.4 is 10.6 Å². The molecule has 132 valence electrons. The lowest BCUT2D eigenvalue weighted by molar-refractivity contribution is -0.117. The molecule has 1 aliphatic heterocycles. The number of ether oxygens (including phenoxy) is 1. The van der Waals surface area contributed by atoms with Crippen LogP contribution in [-0.4, -0.2) is 46.9 Å². The molecule has 1 aliphatic rings. The number of thioether (sulfide) groups is 2. The number of carbonyl (C=O) groups is 2. The van der Waals surface area contributed by atoms with E-state index in [2.05, 4.69) is 22.2 Å². The molecule has 1 unspecified atom stereocenters. The van der Waals surface area contributed by atoms with E-state index in [1.807, 2.05) is 18.2 Å². The van der Waals surface area contributed by atoms with Gasteiger partial charge in [-0.1, -0.05) is 29.6 Å². The zero-order valence-electron chi connectivity index (χ0n) is 13.3. The van der Waals surface area contributed by atoms with Crippen molar-refractivity contribution in [2.45, 2.75) is 10.4 Å². The number of aromatic nitrogens is 1. The van der Waals surface area contributed by atoms with Gasteiger partial charge < -0.3 is 15.4 Å². The molecular formula is C16H17N3O3S3. The number of hydrogen-bond acceptors (Lipinski definition) is 7. The van der Waals surface area contributed by atoms with Gasteiger partial charge in [-0.25, -0.2) is 4.98 Å². The lowest BCUT2D eigenvalue weighted by atomic mass is 10.2. The first-order chi connectivity index (χ1) is 12.2. The molecule has 0 saturated carbocycles. The highest BCUT2D eigenvalue weighted by atomic mass is 32.2. The molecule has 2 N–H and O–H groups in total. The minimum absolute atomic E-state index is 0.156. The largest absolute Gasteiger partial charge is 0.377 e. The van der Waals surface area contributed by atoms with Crippen molar-refractivity contribution >= 4 is 61.9 Å². The van der Waals surface area contributed by atoms with Gasteiger partial charge in [-0.15, -0.1) is 17.9 Å². The van der Waals surface area contributed by atoms with Crippen molar-refractivity contribution < 1.29 is 14.3 Å². The number of rotatable bonds is 8. The van der Waals surface area contributed by atoms with E-state index >= 15 is 0 Å². The van der Waals surface area contributed by atoms with Crippen molar-refractivity contribution in [3.63, 3.8) is 0 Å². The summed E-state index contributed by atoms with van der Waals surface area (Å²) in [6, 6.07) is 5.15. The average molecular weight is 396 g/mol. The number of fused-ring (bicyclic) bond motifs is 1. The molecule has 0 spiro atoms.